The molecule has 0 saturated carbocycles. The van der Waals surface area contributed by atoms with Crippen LogP contribution in [0.4, 0.5) is 0 Å². The number of hydrogen-bond donors (Lipinski definition) is 1. The van der Waals surface area contributed by atoms with Crippen LogP contribution in [-0.2, 0) is 11.2 Å². The topological polar surface area (TPSA) is 55.8 Å². The molecule has 0 radical (unpaired) electrons. The number of hydrogen-bond acceptors (Lipinski definition) is 4. The molecule has 0 saturated heterocycles. The van der Waals surface area contributed by atoms with Crippen LogP contribution in [0, 0.1) is 6.92 Å². The Kier molecular flexibility index (Phi) is 7.34. The normalized spacial score (nSPS) is 18.9. The van der Waals surface area contributed by atoms with E-state index in [4.69, 9.17) is 9.47 Å². The summed E-state index contributed by atoms with van der Waals surface area (Å²) in [6, 6.07) is 1.85. The fraction of sp³-hybridized carbons (Fsp3) is 0.542. The Morgan fingerprint density at radius 3 is 2.64 bits per heavy atom. The minimum absolute atomic E-state index is 0.00101. The van der Waals surface area contributed by atoms with Crippen molar-refractivity contribution in [3.63, 3.8) is 0 Å². The van der Waals surface area contributed by atoms with Gasteiger partial charge in [-0.15, -0.1) is 0 Å². The zero-order valence-corrected chi connectivity index (χ0v) is 18.1. The van der Waals surface area contributed by atoms with Crippen LogP contribution < -0.4 is 4.74 Å². The Labute approximate surface area is 169 Å². The van der Waals surface area contributed by atoms with Gasteiger partial charge in [-0.1, -0.05) is 23.3 Å². The van der Waals surface area contributed by atoms with Crippen molar-refractivity contribution in [2.75, 3.05) is 7.11 Å². The third-order valence-electron chi connectivity index (χ3n) is 5.47. The second-order valence-corrected chi connectivity index (χ2v) is 8.35. The predicted molar refractivity (Wildman–Crippen MR) is 113 cm³/mol. The van der Waals surface area contributed by atoms with Crippen molar-refractivity contribution < 1.29 is 19.4 Å². The molecule has 0 amide bonds. The zero-order chi connectivity index (χ0) is 20.9. The van der Waals surface area contributed by atoms with Crippen molar-refractivity contribution >= 4 is 5.97 Å². The summed E-state index contributed by atoms with van der Waals surface area (Å²) in [5.41, 5.74) is 4.12. The maximum atomic E-state index is 12.0. The number of esters is 1. The summed E-state index contributed by atoms with van der Waals surface area (Å²) in [6.45, 7) is 10.4. The molecule has 1 atom stereocenters. The summed E-state index contributed by atoms with van der Waals surface area (Å²) in [6.07, 6.45) is 10.2. The van der Waals surface area contributed by atoms with Gasteiger partial charge in [-0.25, -0.2) is 4.79 Å². The summed E-state index contributed by atoms with van der Waals surface area (Å²) >= 11 is 0. The largest absolute Gasteiger partial charge is 0.507 e. The fourth-order valence-electron chi connectivity index (χ4n) is 3.70. The first-order valence-corrected chi connectivity index (χ1v) is 10.1. The molecule has 0 fully saturated rings. The van der Waals surface area contributed by atoms with E-state index in [1.54, 1.807) is 6.92 Å². The Hall–Kier alpha value is -2.23. The van der Waals surface area contributed by atoms with E-state index in [0.29, 0.717) is 23.3 Å². The molecule has 28 heavy (non-hydrogen) atoms. The first kappa shape index (κ1) is 22.1. The van der Waals surface area contributed by atoms with Gasteiger partial charge in [0.05, 0.1) is 7.11 Å². The first-order chi connectivity index (χ1) is 13.2. The fourth-order valence-corrected chi connectivity index (χ4v) is 3.70. The number of phenolic OH excluding ortho intramolecular Hbond substituents is 1. The average Bonchev–Trinajstić information content (AvgIpc) is 2.60. The van der Waals surface area contributed by atoms with Crippen molar-refractivity contribution in [1.82, 2.24) is 0 Å². The molecule has 1 aromatic carbocycles. The monoisotopic (exact) mass is 386 g/mol. The summed E-state index contributed by atoms with van der Waals surface area (Å²) < 4.78 is 11.1. The van der Waals surface area contributed by atoms with Gasteiger partial charge < -0.3 is 14.6 Å². The van der Waals surface area contributed by atoms with Gasteiger partial charge in [-0.2, -0.15) is 0 Å². The van der Waals surface area contributed by atoms with Crippen molar-refractivity contribution in [2.45, 2.75) is 78.7 Å². The van der Waals surface area contributed by atoms with E-state index in [0.717, 1.165) is 32.1 Å². The second kappa shape index (κ2) is 9.31. The molecule has 1 N–H and O–H groups in total. The summed E-state index contributed by atoms with van der Waals surface area (Å²) in [5.74, 6) is 0.166. The Balaban J connectivity index is 2.06. The van der Waals surface area contributed by atoms with E-state index >= 15 is 0 Å². The van der Waals surface area contributed by atoms with E-state index in [-0.39, 0.29) is 16.9 Å². The molecule has 1 aliphatic rings. The van der Waals surface area contributed by atoms with Crippen LogP contribution in [0.1, 0.15) is 81.3 Å². The van der Waals surface area contributed by atoms with Crippen LogP contribution in [0.2, 0.25) is 0 Å². The van der Waals surface area contributed by atoms with Gasteiger partial charge in [-0.3, -0.25) is 0 Å². The number of fused-ring (bicyclic) bond motifs is 1. The lowest BCUT2D eigenvalue weighted by Gasteiger charge is -2.36. The molecule has 1 aromatic rings. The highest BCUT2D eigenvalue weighted by Gasteiger charge is 2.34. The predicted octanol–water partition coefficient (Wildman–Crippen LogP) is 6.04. The zero-order valence-electron chi connectivity index (χ0n) is 18.1. The molecule has 0 spiro atoms. The van der Waals surface area contributed by atoms with Gasteiger partial charge >= 0.3 is 5.97 Å². The molecule has 1 aliphatic heterocycles. The van der Waals surface area contributed by atoms with Gasteiger partial charge in [0, 0.05) is 5.56 Å². The van der Waals surface area contributed by atoms with Crippen LogP contribution in [-0.4, -0.2) is 23.8 Å². The summed E-state index contributed by atoms with van der Waals surface area (Å²) in [5, 5.41) is 10.6. The van der Waals surface area contributed by atoms with Gasteiger partial charge in [0.25, 0.3) is 0 Å². The van der Waals surface area contributed by atoms with Crippen molar-refractivity contribution in [1.29, 1.82) is 0 Å². The molecule has 1 heterocycles. The third kappa shape index (κ3) is 5.40. The van der Waals surface area contributed by atoms with Gasteiger partial charge in [-0.05, 0) is 84.8 Å². The molecule has 154 valence electrons. The maximum absolute atomic E-state index is 12.0. The Morgan fingerprint density at radius 2 is 2.00 bits per heavy atom. The van der Waals surface area contributed by atoms with Crippen LogP contribution in [0.15, 0.2) is 29.4 Å². The van der Waals surface area contributed by atoms with Crippen LogP contribution in [0.3, 0.4) is 0 Å². The molecule has 1 unspecified atom stereocenters. The van der Waals surface area contributed by atoms with Gasteiger partial charge in [0.15, 0.2) is 0 Å². The van der Waals surface area contributed by atoms with E-state index in [2.05, 4.69) is 39.8 Å². The van der Waals surface area contributed by atoms with Crippen molar-refractivity contribution in [3.05, 3.63) is 46.1 Å². The second-order valence-electron chi connectivity index (χ2n) is 8.35. The summed E-state index contributed by atoms with van der Waals surface area (Å²) in [4.78, 5) is 12.0. The Bertz CT molecular complexity index is 784. The van der Waals surface area contributed by atoms with Crippen LogP contribution in [0.25, 0.3) is 0 Å². The minimum Gasteiger partial charge on any atom is -0.507 e. The number of aromatic hydroxyl groups is 1. The van der Waals surface area contributed by atoms with E-state index in [1.807, 2.05) is 6.07 Å². The molecular weight excluding hydrogens is 352 g/mol. The third-order valence-corrected chi connectivity index (χ3v) is 5.47. The van der Waals surface area contributed by atoms with Gasteiger partial charge in [0.2, 0.25) is 0 Å². The standard InChI is InChI=1S/C24H34O4/c1-16(2)9-7-10-17(3)11-8-13-24(5)14-12-19-20(28-24)15-18(4)21(22(19)25)23(26)27-6/h9,11,15,25H,7-8,10,12-14H2,1-6H3/b17-11+. The minimum atomic E-state index is -0.514. The lowest BCUT2D eigenvalue weighted by atomic mass is 9.86. The number of benzene rings is 1. The highest BCUT2D eigenvalue weighted by Crippen LogP contribution is 2.43. The average molecular weight is 387 g/mol. The highest BCUT2D eigenvalue weighted by atomic mass is 16.5. The van der Waals surface area contributed by atoms with Crippen molar-refractivity contribution in [3.8, 4) is 11.5 Å². The quantitative estimate of drug-likeness (QED) is 0.458. The molecule has 4 nitrogen and oxygen atoms in total. The smallest absolute Gasteiger partial charge is 0.341 e. The number of rotatable bonds is 7. The lowest BCUT2D eigenvalue weighted by molar-refractivity contribution is 0.0552. The van der Waals surface area contributed by atoms with Crippen molar-refractivity contribution in [2.24, 2.45) is 0 Å². The SMILES string of the molecule is COC(=O)c1c(C)cc2c(c1O)CCC(C)(CC/C=C(\C)CCC=C(C)C)O2. The maximum Gasteiger partial charge on any atom is 0.341 e. The number of carbonyl (C=O) groups excluding carboxylic acids is 1. The number of methoxy groups -OCH3 is 1. The lowest BCUT2D eigenvalue weighted by Crippen LogP contribution is -2.36. The molecule has 4 heteroatoms. The number of ether oxygens (including phenoxy) is 2. The van der Waals surface area contributed by atoms with Crippen LogP contribution >= 0.6 is 0 Å². The number of carbonyl (C=O) groups is 1. The molecule has 0 aliphatic carbocycles. The number of phenols is 1. The first-order valence-electron chi connectivity index (χ1n) is 10.1. The highest BCUT2D eigenvalue weighted by molar-refractivity contribution is 5.95. The molecule has 0 aromatic heterocycles. The van der Waals surface area contributed by atoms with E-state index in [9.17, 15) is 9.90 Å². The number of allylic oxidation sites excluding steroid dienone is 4. The Morgan fingerprint density at radius 1 is 1.29 bits per heavy atom. The van der Waals surface area contributed by atoms with Crippen LogP contribution in [0.5, 0.6) is 11.5 Å². The molecule has 2 rings (SSSR count). The van der Waals surface area contributed by atoms with E-state index in [1.165, 1.54) is 18.3 Å². The summed E-state index contributed by atoms with van der Waals surface area (Å²) in [7, 11) is 1.32. The molecular formula is C24H34O4. The molecule has 0 bridgehead atoms. The number of aryl methyl sites for hydroxylation is 1. The van der Waals surface area contributed by atoms with E-state index < -0.39 is 5.97 Å². The van der Waals surface area contributed by atoms with Gasteiger partial charge in [0.1, 0.15) is 22.7 Å².